The lowest BCUT2D eigenvalue weighted by Gasteiger charge is -2.58. The van der Waals surface area contributed by atoms with Crippen LogP contribution in [0.15, 0.2) is 23.8 Å². The van der Waals surface area contributed by atoms with E-state index in [9.17, 15) is 9.59 Å². The summed E-state index contributed by atoms with van der Waals surface area (Å²) in [6, 6.07) is 0. The van der Waals surface area contributed by atoms with Gasteiger partial charge in [0.1, 0.15) is 5.60 Å². The van der Waals surface area contributed by atoms with Gasteiger partial charge in [-0.05, 0) is 63.0 Å². The molecule has 0 amide bonds. The maximum atomic E-state index is 11.7. The van der Waals surface area contributed by atoms with Crippen LogP contribution in [0.25, 0.3) is 0 Å². The van der Waals surface area contributed by atoms with Crippen molar-refractivity contribution < 1.29 is 14.3 Å². The Kier molecular flexibility index (Phi) is 2.95. The summed E-state index contributed by atoms with van der Waals surface area (Å²) in [7, 11) is 0. The van der Waals surface area contributed by atoms with Gasteiger partial charge in [-0.15, -0.1) is 0 Å². The topological polar surface area (TPSA) is 43.4 Å². The molecule has 2 saturated carbocycles. The van der Waals surface area contributed by atoms with Crippen LogP contribution in [0.4, 0.5) is 0 Å². The molecular formula is C19H24O3. The highest BCUT2D eigenvalue weighted by molar-refractivity contribution is 6.01. The van der Waals surface area contributed by atoms with Crippen LogP contribution in [0.2, 0.25) is 0 Å². The second kappa shape index (κ2) is 4.56. The van der Waals surface area contributed by atoms with Crippen molar-refractivity contribution in [2.24, 2.45) is 23.2 Å². The highest BCUT2D eigenvalue weighted by Crippen LogP contribution is 2.60. The molecule has 0 aromatic rings. The van der Waals surface area contributed by atoms with Gasteiger partial charge in [-0.25, -0.2) is 0 Å². The summed E-state index contributed by atoms with van der Waals surface area (Å²) in [6.07, 6.45) is 11.5. The fraction of sp³-hybridized carbons (Fsp3) is 0.684. The molecule has 3 fully saturated rings. The summed E-state index contributed by atoms with van der Waals surface area (Å²) in [5, 5.41) is 0. The molecule has 1 heterocycles. The maximum Gasteiger partial charge on any atom is 0.306 e. The third-order valence-corrected chi connectivity index (χ3v) is 6.90. The number of hydrogen-bond donors (Lipinski definition) is 0. The largest absolute Gasteiger partial charge is 0.459 e. The zero-order chi connectivity index (χ0) is 15.5. The molecule has 0 unspecified atom stereocenters. The minimum Gasteiger partial charge on any atom is -0.459 e. The third kappa shape index (κ3) is 1.87. The Labute approximate surface area is 131 Å². The first-order valence-electron chi connectivity index (χ1n) is 8.58. The van der Waals surface area contributed by atoms with E-state index in [4.69, 9.17) is 4.74 Å². The molecule has 3 heteroatoms. The van der Waals surface area contributed by atoms with E-state index in [2.05, 4.69) is 19.9 Å². The van der Waals surface area contributed by atoms with E-state index in [0.717, 1.165) is 32.1 Å². The molecule has 0 N–H and O–H groups in total. The second-order valence-electron chi connectivity index (χ2n) is 7.97. The standard InChI is InChI=1S/C19H24O3/c1-18-9-7-13(20)11-12(18)3-4-14-15(18)8-10-19(2)16(14)5-6-17(21)22-19/h7,9,11,14-16H,3-6,8,10H2,1-2H3/t14-,15-,16+,18+,19-/m1/s1. The Balaban J connectivity index is 1.68. The predicted molar refractivity (Wildman–Crippen MR) is 83.0 cm³/mol. The summed E-state index contributed by atoms with van der Waals surface area (Å²) in [6.45, 7) is 4.44. The lowest BCUT2D eigenvalue weighted by Crippen LogP contribution is -2.56. The minimum atomic E-state index is -0.262. The molecule has 0 spiro atoms. The van der Waals surface area contributed by atoms with Crippen LogP contribution >= 0.6 is 0 Å². The van der Waals surface area contributed by atoms with Crippen molar-refractivity contribution in [3.05, 3.63) is 23.8 Å². The lowest BCUT2D eigenvalue weighted by atomic mass is 9.49. The molecule has 3 aliphatic carbocycles. The normalized spacial score (nSPS) is 47.0. The van der Waals surface area contributed by atoms with Crippen molar-refractivity contribution in [3.63, 3.8) is 0 Å². The van der Waals surface area contributed by atoms with Gasteiger partial charge in [0.05, 0.1) is 0 Å². The predicted octanol–water partition coefficient (Wildman–Crippen LogP) is 3.59. The Hall–Kier alpha value is -1.38. The number of carbonyl (C=O) groups excluding carboxylic acids is 2. The molecule has 118 valence electrons. The van der Waals surface area contributed by atoms with Crippen LogP contribution < -0.4 is 0 Å². The number of carbonyl (C=O) groups is 2. The van der Waals surface area contributed by atoms with Crippen molar-refractivity contribution in [1.29, 1.82) is 0 Å². The zero-order valence-electron chi connectivity index (χ0n) is 13.4. The molecule has 4 aliphatic rings. The SMILES string of the molecule is C[C@@]12CC[C@@H]3[C@@H](CCC4=CC(=O)C=C[C@@]43C)[C@@H]1CCC(=O)O2. The first kappa shape index (κ1) is 14.2. The van der Waals surface area contributed by atoms with Crippen LogP contribution in [-0.2, 0) is 14.3 Å². The molecule has 22 heavy (non-hydrogen) atoms. The van der Waals surface area contributed by atoms with Gasteiger partial charge in [-0.2, -0.15) is 0 Å². The van der Waals surface area contributed by atoms with Gasteiger partial charge in [0.25, 0.3) is 0 Å². The quantitative estimate of drug-likeness (QED) is 0.642. The highest BCUT2D eigenvalue weighted by atomic mass is 16.6. The average molecular weight is 300 g/mol. The second-order valence-corrected chi connectivity index (χ2v) is 7.97. The van der Waals surface area contributed by atoms with E-state index in [1.807, 2.05) is 6.08 Å². The summed E-state index contributed by atoms with van der Waals surface area (Å²) in [5.41, 5.74) is 1.08. The Bertz CT molecular complexity index is 602. The minimum absolute atomic E-state index is 0.0250. The highest BCUT2D eigenvalue weighted by Gasteiger charge is 2.56. The molecule has 0 aromatic heterocycles. The Morgan fingerprint density at radius 2 is 1.91 bits per heavy atom. The van der Waals surface area contributed by atoms with Crippen LogP contribution in [0.5, 0.6) is 0 Å². The number of hydrogen-bond acceptors (Lipinski definition) is 3. The van der Waals surface area contributed by atoms with Gasteiger partial charge in [0.2, 0.25) is 0 Å². The van der Waals surface area contributed by atoms with E-state index in [0.29, 0.717) is 24.2 Å². The zero-order valence-corrected chi connectivity index (χ0v) is 13.4. The van der Waals surface area contributed by atoms with E-state index in [1.165, 1.54) is 5.57 Å². The number of allylic oxidation sites excluding steroid dienone is 4. The number of fused-ring (bicyclic) bond motifs is 5. The van der Waals surface area contributed by atoms with Crippen molar-refractivity contribution >= 4 is 11.8 Å². The number of ketones is 1. The van der Waals surface area contributed by atoms with Crippen LogP contribution in [0, 0.1) is 23.2 Å². The Morgan fingerprint density at radius 3 is 2.73 bits per heavy atom. The molecule has 5 atom stereocenters. The van der Waals surface area contributed by atoms with E-state index in [1.54, 1.807) is 6.08 Å². The van der Waals surface area contributed by atoms with Gasteiger partial charge in [-0.3, -0.25) is 9.59 Å². The average Bonchev–Trinajstić information content (AvgIpc) is 2.46. The molecule has 0 bridgehead atoms. The fourth-order valence-corrected chi connectivity index (χ4v) is 5.72. The first-order valence-corrected chi connectivity index (χ1v) is 8.58. The van der Waals surface area contributed by atoms with Gasteiger partial charge >= 0.3 is 5.97 Å². The van der Waals surface area contributed by atoms with Crippen LogP contribution in [-0.4, -0.2) is 17.4 Å². The Morgan fingerprint density at radius 1 is 1.09 bits per heavy atom. The van der Waals surface area contributed by atoms with Crippen LogP contribution in [0.3, 0.4) is 0 Å². The van der Waals surface area contributed by atoms with Crippen molar-refractivity contribution in [2.75, 3.05) is 0 Å². The summed E-state index contributed by atoms with van der Waals surface area (Å²) < 4.78 is 5.79. The van der Waals surface area contributed by atoms with Crippen molar-refractivity contribution in [1.82, 2.24) is 0 Å². The number of ether oxygens (including phenoxy) is 1. The summed E-state index contributed by atoms with van der Waals surface area (Å²) in [5.74, 6) is 1.77. The molecule has 0 aromatic carbocycles. The van der Waals surface area contributed by atoms with Gasteiger partial charge in [0.15, 0.2) is 5.78 Å². The molecule has 1 saturated heterocycles. The smallest absolute Gasteiger partial charge is 0.306 e. The number of esters is 1. The third-order valence-electron chi connectivity index (χ3n) is 6.90. The fourth-order valence-electron chi connectivity index (χ4n) is 5.72. The number of rotatable bonds is 0. The summed E-state index contributed by atoms with van der Waals surface area (Å²) in [4.78, 5) is 23.4. The van der Waals surface area contributed by atoms with Crippen LogP contribution in [0.1, 0.15) is 52.4 Å². The monoisotopic (exact) mass is 300 g/mol. The van der Waals surface area contributed by atoms with Gasteiger partial charge in [-0.1, -0.05) is 18.6 Å². The summed E-state index contributed by atoms with van der Waals surface area (Å²) >= 11 is 0. The molecule has 0 radical (unpaired) electrons. The van der Waals surface area contributed by atoms with E-state index < -0.39 is 0 Å². The van der Waals surface area contributed by atoms with Gasteiger partial charge in [0, 0.05) is 17.8 Å². The molecular weight excluding hydrogens is 276 g/mol. The molecule has 4 rings (SSSR count). The lowest BCUT2D eigenvalue weighted by molar-refractivity contribution is -0.192. The molecule has 3 nitrogen and oxygen atoms in total. The van der Waals surface area contributed by atoms with Crippen molar-refractivity contribution in [3.8, 4) is 0 Å². The van der Waals surface area contributed by atoms with Gasteiger partial charge < -0.3 is 4.74 Å². The maximum absolute atomic E-state index is 11.7. The van der Waals surface area contributed by atoms with Crippen molar-refractivity contribution in [2.45, 2.75) is 58.0 Å². The van der Waals surface area contributed by atoms with E-state index in [-0.39, 0.29) is 22.8 Å². The molecule has 1 aliphatic heterocycles. The van der Waals surface area contributed by atoms with E-state index >= 15 is 0 Å². The first-order chi connectivity index (χ1) is 10.4.